The van der Waals surface area contributed by atoms with Gasteiger partial charge in [0.15, 0.2) is 0 Å². The van der Waals surface area contributed by atoms with Crippen molar-refractivity contribution in [2.24, 2.45) is 0 Å². The number of nitrogens with zero attached hydrogens (tertiary/aromatic N) is 5. The first-order valence-electron chi connectivity index (χ1n) is 8.60. The first-order chi connectivity index (χ1) is 13.4. The van der Waals surface area contributed by atoms with Gasteiger partial charge in [-0.05, 0) is 52.4 Å². The third kappa shape index (κ3) is 4.34. The minimum atomic E-state index is 0.322. The van der Waals surface area contributed by atoms with Crippen LogP contribution < -0.4 is 10.1 Å². The van der Waals surface area contributed by atoms with Crippen LogP contribution in [0, 0.1) is 0 Å². The minimum absolute atomic E-state index is 0.322. The fourth-order valence-electron chi connectivity index (χ4n) is 2.59. The molecule has 4 rings (SSSR count). The summed E-state index contributed by atoms with van der Waals surface area (Å²) in [5.74, 6) is 0.676. The number of ether oxygens (including phenoxy) is 1. The summed E-state index contributed by atoms with van der Waals surface area (Å²) in [5.41, 5.74) is 3.01. The number of nitrogens with one attached hydrogen (secondary N) is 1. The molecule has 0 atom stereocenters. The number of aromatic nitrogens is 5. The molecule has 2 heterocycles. The Hall–Kier alpha value is -3.58. The Labute approximate surface area is 156 Å². The summed E-state index contributed by atoms with van der Waals surface area (Å²) < 4.78 is 7.39. The van der Waals surface area contributed by atoms with E-state index in [1.54, 1.807) is 10.9 Å². The molecule has 0 unspecified atom stereocenters. The minimum Gasteiger partial charge on any atom is -0.423 e. The van der Waals surface area contributed by atoms with Crippen LogP contribution >= 0.6 is 0 Å². The number of rotatable bonds is 7. The predicted octanol–water partition coefficient (Wildman–Crippen LogP) is 3.14. The molecule has 0 spiro atoms. The fraction of sp³-hybridized carbons (Fsp3) is 0.100. The first-order valence-corrected chi connectivity index (χ1v) is 8.60. The van der Waals surface area contributed by atoms with Gasteiger partial charge in [-0.1, -0.05) is 41.5 Å². The number of hydrogen-bond acceptors (Lipinski definition) is 6. The molecule has 0 fully saturated rings. The molecule has 0 bridgehead atoms. The topological polar surface area (TPSA) is 77.8 Å². The Morgan fingerprint density at radius 3 is 2.44 bits per heavy atom. The van der Waals surface area contributed by atoms with Crippen LogP contribution in [-0.2, 0) is 13.1 Å². The monoisotopic (exact) mass is 358 g/mol. The zero-order chi connectivity index (χ0) is 18.3. The van der Waals surface area contributed by atoms with Crippen molar-refractivity contribution in [3.8, 4) is 17.4 Å². The van der Waals surface area contributed by atoms with E-state index in [-0.39, 0.29) is 0 Å². The van der Waals surface area contributed by atoms with Crippen molar-refractivity contribution in [2.75, 3.05) is 0 Å². The highest BCUT2D eigenvalue weighted by atomic mass is 16.5. The molecule has 0 amide bonds. The standard InChI is InChI=1S/C20H18N6O/c1-2-7-18(8-3-1)26-20(23-24-25-26)27-19-11-9-16(10-12-19)14-21-15-17-6-4-5-13-22-17/h1-13,21H,14-15H2. The number of para-hydroxylation sites is 1. The SMILES string of the molecule is c1ccc(-n2nnnc2Oc2ccc(CNCc3ccccn3)cc2)cc1. The average molecular weight is 358 g/mol. The molecule has 27 heavy (non-hydrogen) atoms. The first kappa shape index (κ1) is 16.9. The second-order valence-electron chi connectivity index (χ2n) is 5.88. The maximum atomic E-state index is 5.83. The maximum Gasteiger partial charge on any atom is 0.345 e. The molecule has 1 N–H and O–H groups in total. The van der Waals surface area contributed by atoms with Gasteiger partial charge >= 0.3 is 6.01 Å². The van der Waals surface area contributed by atoms with Gasteiger partial charge in [0.1, 0.15) is 5.75 Å². The van der Waals surface area contributed by atoms with Crippen molar-refractivity contribution in [3.05, 3.63) is 90.3 Å². The number of pyridine rings is 1. The average Bonchev–Trinajstić information content (AvgIpc) is 3.19. The lowest BCUT2D eigenvalue weighted by atomic mass is 10.2. The van der Waals surface area contributed by atoms with E-state index in [0.29, 0.717) is 11.8 Å². The number of benzene rings is 2. The zero-order valence-electron chi connectivity index (χ0n) is 14.6. The molecule has 0 saturated carbocycles. The lowest BCUT2D eigenvalue weighted by Crippen LogP contribution is -2.13. The Morgan fingerprint density at radius 2 is 1.67 bits per heavy atom. The van der Waals surface area contributed by atoms with Gasteiger partial charge in [-0.25, -0.2) is 0 Å². The molecule has 4 aromatic rings. The molecular weight excluding hydrogens is 340 g/mol. The largest absolute Gasteiger partial charge is 0.423 e. The van der Waals surface area contributed by atoms with Gasteiger partial charge in [-0.2, -0.15) is 4.68 Å². The van der Waals surface area contributed by atoms with Gasteiger partial charge in [-0.15, -0.1) is 0 Å². The van der Waals surface area contributed by atoms with Gasteiger partial charge in [0, 0.05) is 19.3 Å². The van der Waals surface area contributed by atoms with E-state index in [9.17, 15) is 0 Å². The molecule has 2 aromatic heterocycles. The van der Waals surface area contributed by atoms with Crippen LogP contribution in [0.5, 0.6) is 11.8 Å². The van der Waals surface area contributed by atoms with Crippen LogP contribution in [0.25, 0.3) is 5.69 Å². The molecule has 2 aromatic carbocycles. The highest BCUT2D eigenvalue weighted by Gasteiger charge is 2.10. The number of hydrogen-bond donors (Lipinski definition) is 1. The van der Waals surface area contributed by atoms with E-state index in [4.69, 9.17) is 4.74 Å². The molecule has 134 valence electrons. The van der Waals surface area contributed by atoms with Crippen LogP contribution in [0.4, 0.5) is 0 Å². The number of tetrazole rings is 1. The second-order valence-corrected chi connectivity index (χ2v) is 5.88. The lowest BCUT2D eigenvalue weighted by Gasteiger charge is -2.08. The van der Waals surface area contributed by atoms with E-state index < -0.39 is 0 Å². The van der Waals surface area contributed by atoms with Gasteiger partial charge < -0.3 is 10.1 Å². The summed E-state index contributed by atoms with van der Waals surface area (Å²) in [4.78, 5) is 4.30. The molecule has 0 aliphatic rings. The van der Waals surface area contributed by atoms with E-state index in [2.05, 4.69) is 25.8 Å². The van der Waals surface area contributed by atoms with Crippen molar-refractivity contribution in [1.82, 2.24) is 30.5 Å². The summed E-state index contributed by atoms with van der Waals surface area (Å²) in [5, 5.41) is 15.0. The third-order valence-corrected chi connectivity index (χ3v) is 3.94. The molecular formula is C20H18N6O. The van der Waals surface area contributed by atoms with E-state index >= 15 is 0 Å². The van der Waals surface area contributed by atoms with Crippen LogP contribution in [-0.4, -0.2) is 25.2 Å². The molecule has 7 nitrogen and oxygen atoms in total. The molecule has 0 saturated heterocycles. The van der Waals surface area contributed by atoms with Crippen LogP contribution in [0.15, 0.2) is 79.0 Å². The van der Waals surface area contributed by atoms with Crippen LogP contribution in [0.2, 0.25) is 0 Å². The quantitative estimate of drug-likeness (QED) is 0.547. The van der Waals surface area contributed by atoms with Crippen molar-refractivity contribution in [1.29, 1.82) is 0 Å². The fourth-order valence-corrected chi connectivity index (χ4v) is 2.59. The van der Waals surface area contributed by atoms with Crippen molar-refractivity contribution < 1.29 is 4.74 Å². The molecule has 7 heteroatoms. The lowest BCUT2D eigenvalue weighted by molar-refractivity contribution is 0.427. The summed E-state index contributed by atoms with van der Waals surface area (Å²) in [6.45, 7) is 1.48. The Kier molecular flexibility index (Phi) is 5.12. The van der Waals surface area contributed by atoms with E-state index in [1.165, 1.54) is 0 Å². The molecule has 0 aliphatic carbocycles. The van der Waals surface area contributed by atoms with Crippen LogP contribution in [0.3, 0.4) is 0 Å². The van der Waals surface area contributed by atoms with Gasteiger partial charge in [0.2, 0.25) is 0 Å². The highest BCUT2D eigenvalue weighted by molar-refractivity contribution is 5.34. The predicted molar refractivity (Wildman–Crippen MR) is 100 cm³/mol. The third-order valence-electron chi connectivity index (χ3n) is 3.94. The maximum absolute atomic E-state index is 5.83. The van der Waals surface area contributed by atoms with E-state index in [0.717, 1.165) is 30.0 Å². The Morgan fingerprint density at radius 1 is 0.852 bits per heavy atom. The van der Waals surface area contributed by atoms with Gasteiger partial charge in [0.05, 0.1) is 11.4 Å². The summed E-state index contributed by atoms with van der Waals surface area (Å²) in [6.07, 6.45) is 1.80. The highest BCUT2D eigenvalue weighted by Crippen LogP contribution is 2.21. The smallest absolute Gasteiger partial charge is 0.345 e. The van der Waals surface area contributed by atoms with Crippen molar-refractivity contribution in [2.45, 2.75) is 13.1 Å². The van der Waals surface area contributed by atoms with Gasteiger partial charge in [-0.3, -0.25) is 4.98 Å². The van der Waals surface area contributed by atoms with Crippen molar-refractivity contribution >= 4 is 0 Å². The summed E-state index contributed by atoms with van der Waals surface area (Å²) in [7, 11) is 0. The summed E-state index contributed by atoms with van der Waals surface area (Å²) >= 11 is 0. The summed E-state index contributed by atoms with van der Waals surface area (Å²) in [6, 6.07) is 23.7. The molecule has 0 aliphatic heterocycles. The normalized spacial score (nSPS) is 10.7. The Balaban J connectivity index is 1.37. The zero-order valence-corrected chi connectivity index (χ0v) is 14.6. The van der Waals surface area contributed by atoms with E-state index in [1.807, 2.05) is 72.8 Å². The van der Waals surface area contributed by atoms with Crippen molar-refractivity contribution in [3.63, 3.8) is 0 Å². The Bertz CT molecular complexity index is 970. The van der Waals surface area contributed by atoms with Gasteiger partial charge in [0.25, 0.3) is 0 Å². The second kappa shape index (κ2) is 8.20. The molecule has 0 radical (unpaired) electrons. The van der Waals surface area contributed by atoms with Crippen LogP contribution in [0.1, 0.15) is 11.3 Å².